The van der Waals surface area contributed by atoms with Gasteiger partial charge in [-0.05, 0) is 49.5 Å². The van der Waals surface area contributed by atoms with Crippen molar-refractivity contribution in [2.24, 2.45) is 5.92 Å². The van der Waals surface area contributed by atoms with E-state index in [1.807, 2.05) is 6.07 Å². The Kier molecular flexibility index (Phi) is 7.23. The first kappa shape index (κ1) is 17.7. The van der Waals surface area contributed by atoms with Crippen molar-refractivity contribution in [3.63, 3.8) is 0 Å². The average Bonchev–Trinajstić information content (AvgIpc) is 2.74. The fraction of sp³-hybridized carbons (Fsp3) is 0.538. The highest BCUT2D eigenvalue weighted by Crippen LogP contribution is 2.20. The van der Waals surface area contributed by atoms with Crippen molar-refractivity contribution in [1.82, 2.24) is 4.90 Å². The number of hydrogen-bond acceptors (Lipinski definition) is 3. The third kappa shape index (κ3) is 8.04. The molecule has 0 aliphatic carbocycles. The first-order valence-corrected chi connectivity index (χ1v) is 9.52. The predicted molar refractivity (Wildman–Crippen MR) is 81.0 cm³/mol. The summed E-state index contributed by atoms with van der Waals surface area (Å²) in [5.74, 6) is 0.601. The molecule has 1 aromatic rings. The van der Waals surface area contributed by atoms with Gasteiger partial charge in [0.05, 0.1) is 0 Å². The maximum absolute atomic E-state index is 13.0. The Bertz CT molecular complexity index is 517. The zero-order valence-electron chi connectivity index (χ0n) is 11.2. The second-order valence-corrected chi connectivity index (χ2v) is 8.43. The molecule has 0 N–H and O–H groups in total. The number of nitrogens with zero attached hydrogens (tertiary/aromatic N) is 1. The van der Waals surface area contributed by atoms with E-state index in [4.69, 9.17) is 8.42 Å². The Morgan fingerprint density at radius 2 is 2.05 bits per heavy atom. The lowest BCUT2D eigenvalue weighted by atomic mass is 9.99. The van der Waals surface area contributed by atoms with Crippen LogP contribution in [0.3, 0.4) is 0 Å². The first-order valence-electron chi connectivity index (χ1n) is 6.39. The highest BCUT2D eigenvalue weighted by Gasteiger charge is 2.21. The van der Waals surface area contributed by atoms with Gasteiger partial charge in [-0.2, -0.15) is 8.42 Å². The molecule has 0 spiro atoms. The predicted octanol–water partition coefficient (Wildman–Crippen LogP) is 3.42. The van der Waals surface area contributed by atoms with Crippen molar-refractivity contribution >= 4 is 29.6 Å². The molecule has 1 aliphatic heterocycles. The summed E-state index contributed by atoms with van der Waals surface area (Å²) in [6.07, 6.45) is 2.28. The summed E-state index contributed by atoms with van der Waals surface area (Å²) in [5.41, 5.74) is 1.14. The molecule has 0 saturated carbocycles. The van der Waals surface area contributed by atoms with Crippen LogP contribution in [0.15, 0.2) is 24.3 Å². The van der Waals surface area contributed by atoms with Crippen molar-refractivity contribution in [2.75, 3.05) is 19.6 Å². The van der Waals surface area contributed by atoms with Crippen LogP contribution in [0.1, 0.15) is 18.9 Å². The van der Waals surface area contributed by atoms with Crippen molar-refractivity contribution in [2.45, 2.75) is 19.8 Å². The number of halogens is 3. The van der Waals surface area contributed by atoms with Crippen LogP contribution in [0.2, 0.25) is 0 Å². The van der Waals surface area contributed by atoms with E-state index in [9.17, 15) is 4.39 Å². The second-order valence-electron chi connectivity index (χ2n) is 4.76. The molecule has 1 fully saturated rings. The molecule has 1 aliphatic rings. The van der Waals surface area contributed by atoms with Gasteiger partial charge in [0.2, 0.25) is 0 Å². The van der Waals surface area contributed by atoms with Gasteiger partial charge in [0, 0.05) is 27.9 Å². The normalized spacial score (nSPS) is 19.5. The monoisotopic (exact) mass is 341 g/mol. The minimum atomic E-state index is -3.72. The average molecular weight is 342 g/mol. The van der Waals surface area contributed by atoms with Gasteiger partial charge < -0.3 is 4.90 Å². The molecule has 0 bridgehead atoms. The van der Waals surface area contributed by atoms with Gasteiger partial charge >= 0.3 is 8.26 Å². The molecule has 114 valence electrons. The van der Waals surface area contributed by atoms with E-state index < -0.39 is 8.26 Å². The molecule has 1 aromatic carbocycles. The number of benzene rings is 1. The van der Waals surface area contributed by atoms with Crippen molar-refractivity contribution in [1.29, 1.82) is 0 Å². The largest absolute Gasteiger partial charge is 0.317 e. The number of hydrogen-bond donors (Lipinski definition) is 0. The summed E-state index contributed by atoms with van der Waals surface area (Å²) < 4.78 is 31.3. The zero-order chi connectivity index (χ0) is 15.2. The van der Waals surface area contributed by atoms with Gasteiger partial charge in [-0.25, -0.2) is 4.39 Å². The van der Waals surface area contributed by atoms with E-state index in [0.29, 0.717) is 5.92 Å². The molecule has 1 saturated heterocycles. The highest BCUT2D eigenvalue weighted by atomic mass is 36.0. The molecule has 1 atom stereocenters. The van der Waals surface area contributed by atoms with E-state index in [1.165, 1.54) is 25.6 Å². The summed E-state index contributed by atoms with van der Waals surface area (Å²) in [4.78, 5) is 2.46. The van der Waals surface area contributed by atoms with Gasteiger partial charge in [-0.15, -0.1) is 0 Å². The third-order valence-corrected chi connectivity index (χ3v) is 3.23. The fourth-order valence-electron chi connectivity index (χ4n) is 2.36. The summed E-state index contributed by atoms with van der Waals surface area (Å²) >= 11 is 0. The maximum Gasteiger partial charge on any atom is 0.317 e. The lowest BCUT2D eigenvalue weighted by molar-refractivity contribution is 0.342. The van der Waals surface area contributed by atoms with Crippen LogP contribution in [0.25, 0.3) is 0 Å². The molecule has 3 nitrogen and oxygen atoms in total. The summed E-state index contributed by atoms with van der Waals surface area (Å²) in [6, 6.07) is 7.00. The van der Waals surface area contributed by atoms with Crippen LogP contribution in [0, 0.1) is 11.7 Å². The van der Waals surface area contributed by atoms with Gasteiger partial charge in [0.25, 0.3) is 0 Å². The van der Waals surface area contributed by atoms with E-state index in [1.54, 1.807) is 12.1 Å². The molecule has 2 rings (SSSR count). The van der Waals surface area contributed by atoms with Crippen LogP contribution < -0.4 is 0 Å². The van der Waals surface area contributed by atoms with Crippen molar-refractivity contribution in [3.8, 4) is 0 Å². The SMILES string of the molecule is CCN1CC[C@@H](Cc2cccc(F)c2)C1.O=S(=O)(Cl)Cl. The van der Waals surface area contributed by atoms with Crippen LogP contribution in [0.5, 0.6) is 0 Å². The Morgan fingerprint density at radius 1 is 1.40 bits per heavy atom. The number of likely N-dealkylation sites (tertiary alicyclic amines) is 1. The van der Waals surface area contributed by atoms with Gasteiger partial charge in [0.1, 0.15) is 5.82 Å². The van der Waals surface area contributed by atoms with E-state index >= 15 is 0 Å². The molecule has 0 aromatic heterocycles. The van der Waals surface area contributed by atoms with Crippen LogP contribution in [-0.4, -0.2) is 33.0 Å². The first-order chi connectivity index (χ1) is 9.28. The molecule has 0 amide bonds. The van der Waals surface area contributed by atoms with Crippen molar-refractivity contribution < 1.29 is 12.8 Å². The molecule has 1 heterocycles. The molecule has 0 radical (unpaired) electrons. The lowest BCUT2D eigenvalue weighted by Gasteiger charge is -2.13. The summed E-state index contributed by atoms with van der Waals surface area (Å²) in [7, 11) is 4.81. The third-order valence-electron chi connectivity index (χ3n) is 3.23. The van der Waals surface area contributed by atoms with E-state index in [0.717, 1.165) is 18.5 Å². The Labute approximate surface area is 128 Å². The molecular formula is C13H18Cl2FNO2S. The smallest absolute Gasteiger partial charge is 0.303 e. The topological polar surface area (TPSA) is 37.4 Å². The van der Waals surface area contributed by atoms with Gasteiger partial charge in [-0.3, -0.25) is 0 Å². The van der Waals surface area contributed by atoms with Gasteiger partial charge in [0.15, 0.2) is 0 Å². The quantitative estimate of drug-likeness (QED) is 0.790. The van der Waals surface area contributed by atoms with Crippen LogP contribution in [0.4, 0.5) is 4.39 Å². The maximum atomic E-state index is 13.0. The van der Waals surface area contributed by atoms with Crippen molar-refractivity contribution in [3.05, 3.63) is 35.6 Å². The minimum Gasteiger partial charge on any atom is -0.303 e. The molecule has 7 heteroatoms. The molecule has 0 unspecified atom stereocenters. The Morgan fingerprint density at radius 3 is 2.55 bits per heavy atom. The minimum absolute atomic E-state index is 0.113. The van der Waals surface area contributed by atoms with Gasteiger partial charge in [-0.1, -0.05) is 19.1 Å². The molecular weight excluding hydrogens is 324 g/mol. The van der Waals surface area contributed by atoms with Crippen LogP contribution >= 0.6 is 21.4 Å². The van der Waals surface area contributed by atoms with E-state index in [-0.39, 0.29) is 5.82 Å². The second kappa shape index (κ2) is 8.17. The number of rotatable bonds is 3. The highest BCUT2D eigenvalue weighted by molar-refractivity contribution is 8.31. The Balaban J connectivity index is 0.000000347. The summed E-state index contributed by atoms with van der Waals surface area (Å²) in [5, 5.41) is 0. The standard InChI is InChI=1S/C13H18FN.Cl2O2S/c1-2-15-7-6-12(10-15)8-11-4-3-5-13(14)9-11;1-5(2,3)4/h3-5,9,12H,2,6-8,10H2,1H3;/t12-;/m0./s1. The zero-order valence-corrected chi connectivity index (χ0v) is 13.6. The fourth-order valence-corrected chi connectivity index (χ4v) is 2.36. The van der Waals surface area contributed by atoms with Crippen LogP contribution in [-0.2, 0) is 14.7 Å². The van der Waals surface area contributed by atoms with E-state index in [2.05, 4.69) is 33.2 Å². The Hall–Kier alpha value is -0.360. The lowest BCUT2D eigenvalue weighted by Crippen LogP contribution is -2.20. The molecule has 20 heavy (non-hydrogen) atoms. The summed E-state index contributed by atoms with van der Waals surface area (Å²) in [6.45, 7) is 5.72.